The lowest BCUT2D eigenvalue weighted by atomic mass is 10.1. The van der Waals surface area contributed by atoms with Gasteiger partial charge in [0.05, 0.1) is 16.3 Å². The van der Waals surface area contributed by atoms with E-state index in [1.165, 1.54) is 12.1 Å². The molecule has 1 aliphatic rings. The second kappa shape index (κ2) is 5.09. The normalized spacial score (nSPS) is 16.0. The van der Waals surface area contributed by atoms with Crippen molar-refractivity contribution in [1.29, 1.82) is 0 Å². The molecule has 0 fully saturated rings. The maximum absolute atomic E-state index is 10.7. The Morgan fingerprint density at radius 1 is 1.04 bits per heavy atom. The summed E-state index contributed by atoms with van der Waals surface area (Å²) in [6.07, 6.45) is 0. The predicted molar refractivity (Wildman–Crippen MR) is 81.5 cm³/mol. The highest BCUT2D eigenvalue weighted by Gasteiger charge is 2.35. The molecule has 3 aromatic rings. The number of nitro benzene ring substituents is 1. The van der Waals surface area contributed by atoms with Gasteiger partial charge < -0.3 is 0 Å². The second-order valence-corrected chi connectivity index (χ2v) is 5.01. The molecule has 112 valence electrons. The SMILES string of the molecule is O=[N+]([O-])c1ccc(-n2nnnc2[C@@H]2N=C2c2ccccc2)cc1. The highest BCUT2D eigenvalue weighted by molar-refractivity contribution is 6.13. The molecule has 0 aliphatic carbocycles. The van der Waals surface area contributed by atoms with Crippen molar-refractivity contribution in [2.45, 2.75) is 6.04 Å². The molecular weight excluding hydrogens is 296 g/mol. The van der Waals surface area contributed by atoms with Crippen LogP contribution in [0.3, 0.4) is 0 Å². The molecular formula is C15H10N6O2. The number of aromatic nitrogens is 4. The summed E-state index contributed by atoms with van der Waals surface area (Å²) in [7, 11) is 0. The monoisotopic (exact) mass is 306 g/mol. The highest BCUT2D eigenvalue weighted by Crippen LogP contribution is 2.34. The fraction of sp³-hybridized carbons (Fsp3) is 0.0667. The minimum atomic E-state index is -0.443. The molecule has 0 N–H and O–H groups in total. The van der Waals surface area contributed by atoms with Gasteiger partial charge in [-0.25, -0.2) is 0 Å². The molecule has 0 bridgehead atoms. The maximum atomic E-state index is 10.7. The van der Waals surface area contributed by atoms with Gasteiger partial charge in [-0.2, -0.15) is 4.68 Å². The van der Waals surface area contributed by atoms with Gasteiger partial charge in [0.15, 0.2) is 11.9 Å². The number of hydrogen-bond acceptors (Lipinski definition) is 6. The third kappa shape index (κ3) is 2.35. The van der Waals surface area contributed by atoms with Crippen LogP contribution >= 0.6 is 0 Å². The van der Waals surface area contributed by atoms with E-state index in [9.17, 15) is 10.1 Å². The molecule has 0 amide bonds. The van der Waals surface area contributed by atoms with E-state index in [0.29, 0.717) is 11.5 Å². The number of tetrazole rings is 1. The van der Waals surface area contributed by atoms with Gasteiger partial charge in [0.2, 0.25) is 0 Å². The summed E-state index contributed by atoms with van der Waals surface area (Å²) in [6, 6.07) is 15.7. The number of rotatable bonds is 4. The lowest BCUT2D eigenvalue weighted by Gasteiger charge is -2.03. The highest BCUT2D eigenvalue weighted by atomic mass is 16.6. The molecule has 1 aliphatic heterocycles. The van der Waals surface area contributed by atoms with Gasteiger partial charge in [0.1, 0.15) is 0 Å². The lowest BCUT2D eigenvalue weighted by molar-refractivity contribution is -0.384. The average molecular weight is 306 g/mol. The molecule has 23 heavy (non-hydrogen) atoms. The van der Waals surface area contributed by atoms with Crippen LogP contribution in [-0.2, 0) is 0 Å². The van der Waals surface area contributed by atoms with Crippen molar-refractivity contribution < 1.29 is 4.92 Å². The van der Waals surface area contributed by atoms with Gasteiger partial charge in [0, 0.05) is 12.1 Å². The number of non-ortho nitro benzene ring substituents is 1. The summed E-state index contributed by atoms with van der Waals surface area (Å²) < 4.78 is 1.55. The van der Waals surface area contributed by atoms with E-state index in [4.69, 9.17) is 0 Å². The van der Waals surface area contributed by atoms with Crippen LogP contribution < -0.4 is 0 Å². The van der Waals surface area contributed by atoms with Gasteiger partial charge >= 0.3 is 0 Å². The van der Waals surface area contributed by atoms with Gasteiger partial charge in [0.25, 0.3) is 5.69 Å². The predicted octanol–water partition coefficient (Wildman–Crippen LogP) is 2.11. The van der Waals surface area contributed by atoms with Crippen LogP contribution in [0, 0.1) is 10.1 Å². The van der Waals surface area contributed by atoms with E-state index < -0.39 is 4.92 Å². The first-order valence-corrected chi connectivity index (χ1v) is 6.90. The Balaban J connectivity index is 1.62. The van der Waals surface area contributed by atoms with Crippen molar-refractivity contribution in [3.05, 3.63) is 76.1 Å². The standard InChI is InChI=1S/C15H10N6O2/c22-21(23)12-8-6-11(7-9-12)20-15(17-18-19-20)14-13(16-14)10-4-2-1-3-5-10/h1-9,14H/t14-/m1/s1. The van der Waals surface area contributed by atoms with Gasteiger partial charge in [-0.3, -0.25) is 15.1 Å². The fourth-order valence-electron chi connectivity index (χ4n) is 2.39. The third-order valence-corrected chi connectivity index (χ3v) is 3.57. The van der Waals surface area contributed by atoms with Crippen LogP contribution in [0.5, 0.6) is 0 Å². The van der Waals surface area contributed by atoms with E-state index in [1.807, 2.05) is 30.3 Å². The zero-order chi connectivity index (χ0) is 15.8. The largest absolute Gasteiger partial charge is 0.269 e. The molecule has 0 saturated heterocycles. The zero-order valence-corrected chi connectivity index (χ0v) is 11.8. The van der Waals surface area contributed by atoms with Gasteiger partial charge in [-0.1, -0.05) is 30.3 Å². The van der Waals surface area contributed by atoms with Crippen LogP contribution in [0.25, 0.3) is 5.69 Å². The summed E-state index contributed by atoms with van der Waals surface area (Å²) in [5.41, 5.74) is 2.65. The second-order valence-electron chi connectivity index (χ2n) is 5.01. The number of nitro groups is 1. The molecule has 4 rings (SSSR count). The average Bonchev–Trinajstić information content (AvgIpc) is 3.24. The summed E-state index contributed by atoms with van der Waals surface area (Å²) in [4.78, 5) is 14.7. The van der Waals surface area contributed by atoms with Crippen molar-refractivity contribution in [3.8, 4) is 5.69 Å². The summed E-state index contributed by atoms with van der Waals surface area (Å²) >= 11 is 0. The molecule has 0 saturated carbocycles. The summed E-state index contributed by atoms with van der Waals surface area (Å²) in [5, 5.41) is 22.4. The third-order valence-electron chi connectivity index (χ3n) is 3.57. The molecule has 1 aromatic heterocycles. The van der Waals surface area contributed by atoms with Gasteiger partial charge in [-0.05, 0) is 28.1 Å². The molecule has 8 nitrogen and oxygen atoms in total. The molecule has 0 spiro atoms. The Bertz CT molecular complexity index is 901. The zero-order valence-electron chi connectivity index (χ0n) is 11.8. The first-order valence-electron chi connectivity index (χ1n) is 6.90. The van der Waals surface area contributed by atoms with Crippen molar-refractivity contribution in [1.82, 2.24) is 20.2 Å². The van der Waals surface area contributed by atoms with E-state index in [1.54, 1.807) is 16.8 Å². The first-order chi connectivity index (χ1) is 11.2. The minimum absolute atomic E-state index is 0.0241. The maximum Gasteiger partial charge on any atom is 0.269 e. The molecule has 2 aromatic carbocycles. The lowest BCUT2D eigenvalue weighted by Crippen LogP contribution is -2.05. The Morgan fingerprint density at radius 3 is 2.48 bits per heavy atom. The molecule has 8 heteroatoms. The van der Waals surface area contributed by atoms with E-state index in [2.05, 4.69) is 20.5 Å². The van der Waals surface area contributed by atoms with Crippen LogP contribution in [0.1, 0.15) is 17.4 Å². The Morgan fingerprint density at radius 2 is 1.78 bits per heavy atom. The van der Waals surface area contributed by atoms with Crippen molar-refractivity contribution in [2.24, 2.45) is 4.99 Å². The molecule has 1 atom stereocenters. The number of benzene rings is 2. The van der Waals surface area contributed by atoms with Crippen LogP contribution in [-0.4, -0.2) is 30.8 Å². The van der Waals surface area contributed by atoms with Crippen LogP contribution in [0.15, 0.2) is 59.6 Å². The van der Waals surface area contributed by atoms with E-state index in [-0.39, 0.29) is 11.7 Å². The summed E-state index contributed by atoms with van der Waals surface area (Å²) in [5.74, 6) is 0.595. The smallest absolute Gasteiger partial charge is 0.268 e. The topological polar surface area (TPSA) is 99.1 Å². The molecule has 0 radical (unpaired) electrons. The quantitative estimate of drug-likeness (QED) is 0.543. The van der Waals surface area contributed by atoms with E-state index in [0.717, 1.165) is 11.3 Å². The van der Waals surface area contributed by atoms with Crippen LogP contribution in [0.2, 0.25) is 0 Å². The summed E-state index contributed by atoms with van der Waals surface area (Å²) in [6.45, 7) is 0. The van der Waals surface area contributed by atoms with Crippen molar-refractivity contribution >= 4 is 11.4 Å². The number of aliphatic imine (C=N–C) groups is 1. The van der Waals surface area contributed by atoms with Crippen molar-refractivity contribution in [2.75, 3.05) is 0 Å². The first kappa shape index (κ1) is 13.3. The van der Waals surface area contributed by atoms with E-state index >= 15 is 0 Å². The molecule has 2 heterocycles. The minimum Gasteiger partial charge on any atom is -0.268 e. The van der Waals surface area contributed by atoms with Crippen LogP contribution in [0.4, 0.5) is 5.69 Å². The van der Waals surface area contributed by atoms with Crippen molar-refractivity contribution in [3.63, 3.8) is 0 Å². The molecule has 0 unspecified atom stereocenters. The Hall–Kier alpha value is -3.42. The number of nitrogens with zero attached hydrogens (tertiary/aromatic N) is 6. The Labute approximate surface area is 130 Å². The van der Waals surface area contributed by atoms with Gasteiger partial charge in [-0.15, -0.1) is 5.10 Å². The Kier molecular flexibility index (Phi) is 2.94. The fourth-order valence-corrected chi connectivity index (χ4v) is 2.39. The number of hydrogen-bond donors (Lipinski definition) is 0.